The summed E-state index contributed by atoms with van der Waals surface area (Å²) in [6.45, 7) is 3.47. The van der Waals surface area contributed by atoms with Crippen LogP contribution >= 0.6 is 0 Å². The minimum absolute atomic E-state index is 0.0361. The molecule has 0 bridgehead atoms. The van der Waals surface area contributed by atoms with Gasteiger partial charge >= 0.3 is 0 Å². The van der Waals surface area contributed by atoms with Crippen LogP contribution in [0.5, 0.6) is 0 Å². The smallest absolute Gasteiger partial charge is 0.264 e. The molecule has 3 aromatic carbocycles. The molecule has 10 nitrogen and oxygen atoms in total. The van der Waals surface area contributed by atoms with E-state index in [4.69, 9.17) is 0 Å². The molecule has 12 heteroatoms. The van der Waals surface area contributed by atoms with E-state index in [1.165, 1.54) is 55.6 Å². The summed E-state index contributed by atoms with van der Waals surface area (Å²) in [5.74, 6) is -0.598. The van der Waals surface area contributed by atoms with Gasteiger partial charge in [-0.1, -0.05) is 30.3 Å². The minimum atomic E-state index is -3.97. The van der Waals surface area contributed by atoms with Crippen LogP contribution in [0.3, 0.4) is 0 Å². The number of carbonyl (C=O) groups is 1. The van der Waals surface area contributed by atoms with Crippen molar-refractivity contribution in [1.29, 1.82) is 0 Å². The normalized spacial score (nSPS) is 11.6. The van der Waals surface area contributed by atoms with Gasteiger partial charge < -0.3 is 5.32 Å². The maximum atomic E-state index is 13.1. The van der Waals surface area contributed by atoms with E-state index in [1.54, 1.807) is 50.2 Å². The van der Waals surface area contributed by atoms with E-state index in [1.807, 2.05) is 0 Å². The topological polar surface area (TPSA) is 138 Å². The third kappa shape index (κ3) is 5.82. The van der Waals surface area contributed by atoms with Crippen LogP contribution in [0, 0.1) is 13.8 Å². The van der Waals surface area contributed by atoms with Crippen molar-refractivity contribution in [3.63, 3.8) is 0 Å². The van der Waals surface area contributed by atoms with Gasteiger partial charge in [0.05, 0.1) is 21.0 Å². The van der Waals surface area contributed by atoms with Gasteiger partial charge in [0, 0.05) is 24.1 Å². The molecule has 196 valence electrons. The van der Waals surface area contributed by atoms with E-state index >= 15 is 0 Å². The number of aryl methyl sites for hydroxylation is 2. The Balaban J connectivity index is 1.53. The monoisotopic (exact) mass is 551 g/mol. The third-order valence-corrected chi connectivity index (χ3v) is 8.65. The van der Waals surface area contributed by atoms with Crippen LogP contribution in [0.25, 0.3) is 0 Å². The van der Waals surface area contributed by atoms with Gasteiger partial charge in [-0.15, -0.1) is 0 Å². The van der Waals surface area contributed by atoms with Crippen LogP contribution in [0.1, 0.15) is 21.7 Å². The second-order valence-corrected chi connectivity index (χ2v) is 12.0. The molecule has 4 aromatic rings. The van der Waals surface area contributed by atoms with Crippen molar-refractivity contribution in [2.75, 3.05) is 21.4 Å². The zero-order chi connectivity index (χ0) is 27.5. The van der Waals surface area contributed by atoms with E-state index in [0.717, 1.165) is 4.31 Å². The van der Waals surface area contributed by atoms with Crippen molar-refractivity contribution in [1.82, 2.24) is 9.97 Å². The largest absolute Gasteiger partial charge is 0.322 e. The highest BCUT2D eigenvalue weighted by atomic mass is 32.2. The Morgan fingerprint density at radius 3 is 1.97 bits per heavy atom. The Bertz CT molecular complexity index is 1670. The first-order valence-corrected chi connectivity index (χ1v) is 14.3. The first-order chi connectivity index (χ1) is 18.0. The van der Waals surface area contributed by atoms with E-state index in [9.17, 15) is 21.6 Å². The molecule has 0 atom stereocenters. The molecular weight excluding hydrogens is 526 g/mol. The Kier molecular flexibility index (Phi) is 7.46. The number of nitrogens with one attached hydrogen (secondary N) is 2. The molecule has 2 N–H and O–H groups in total. The fraction of sp³-hybridized carbons (Fsp3) is 0.115. The van der Waals surface area contributed by atoms with Crippen molar-refractivity contribution in [3.8, 4) is 0 Å². The van der Waals surface area contributed by atoms with Gasteiger partial charge in [-0.25, -0.2) is 31.5 Å². The minimum Gasteiger partial charge on any atom is -0.322 e. The Labute approximate surface area is 221 Å². The molecule has 0 fully saturated rings. The van der Waals surface area contributed by atoms with Gasteiger partial charge in [-0.05, 0) is 68.4 Å². The quantitative estimate of drug-likeness (QED) is 0.338. The summed E-state index contributed by atoms with van der Waals surface area (Å²) < 4.78 is 55.1. The molecular formula is C26H25N5O5S2. The number of sulfonamides is 2. The van der Waals surface area contributed by atoms with Crippen molar-refractivity contribution in [2.24, 2.45) is 0 Å². The number of hydrogen-bond donors (Lipinski definition) is 2. The molecule has 38 heavy (non-hydrogen) atoms. The average Bonchev–Trinajstić information content (AvgIpc) is 2.88. The molecule has 1 heterocycles. The lowest BCUT2D eigenvalue weighted by atomic mass is 10.1. The fourth-order valence-electron chi connectivity index (χ4n) is 3.69. The molecule has 0 aliphatic rings. The number of amides is 1. The molecule has 0 aliphatic carbocycles. The summed E-state index contributed by atoms with van der Waals surface area (Å²) in [6.07, 6.45) is 0. The number of para-hydroxylation sites is 1. The third-order valence-electron chi connectivity index (χ3n) is 5.52. The van der Waals surface area contributed by atoms with Crippen LogP contribution in [-0.4, -0.2) is 39.8 Å². The Hall–Kier alpha value is -4.29. The van der Waals surface area contributed by atoms with Crippen molar-refractivity contribution in [2.45, 2.75) is 23.6 Å². The summed E-state index contributed by atoms with van der Waals surface area (Å²) in [6, 6.07) is 21.5. The second kappa shape index (κ2) is 10.6. The summed E-state index contributed by atoms with van der Waals surface area (Å²) in [4.78, 5) is 21.3. The molecule has 0 saturated heterocycles. The van der Waals surface area contributed by atoms with Crippen molar-refractivity contribution in [3.05, 3.63) is 102 Å². The van der Waals surface area contributed by atoms with E-state index in [0.29, 0.717) is 17.1 Å². The molecule has 0 saturated carbocycles. The molecule has 0 spiro atoms. The Morgan fingerprint density at radius 2 is 1.34 bits per heavy atom. The average molecular weight is 552 g/mol. The van der Waals surface area contributed by atoms with Crippen molar-refractivity contribution < 1.29 is 21.6 Å². The Morgan fingerprint density at radius 1 is 0.763 bits per heavy atom. The van der Waals surface area contributed by atoms with E-state index < -0.39 is 26.0 Å². The molecule has 0 unspecified atom stereocenters. The van der Waals surface area contributed by atoms with Crippen LogP contribution < -0.4 is 14.3 Å². The predicted octanol–water partition coefficient (Wildman–Crippen LogP) is 3.97. The highest BCUT2D eigenvalue weighted by Gasteiger charge is 2.25. The zero-order valence-electron chi connectivity index (χ0n) is 20.8. The van der Waals surface area contributed by atoms with Crippen LogP contribution in [0.4, 0.5) is 17.3 Å². The fourth-order valence-corrected chi connectivity index (χ4v) is 5.87. The number of aromatic nitrogens is 2. The summed E-state index contributed by atoms with van der Waals surface area (Å²) in [7, 11) is -6.50. The molecule has 0 aliphatic heterocycles. The predicted molar refractivity (Wildman–Crippen MR) is 145 cm³/mol. The summed E-state index contributed by atoms with van der Waals surface area (Å²) >= 11 is 0. The van der Waals surface area contributed by atoms with Gasteiger partial charge in [-0.2, -0.15) is 0 Å². The SMILES string of the molecule is Cc1cc(C)nc(NS(=O)(=O)c2ccc(NC(=O)c3ccccc3N(C)S(=O)(=O)c3ccccc3)cc2)n1. The number of nitrogens with zero attached hydrogens (tertiary/aromatic N) is 3. The second-order valence-electron chi connectivity index (χ2n) is 8.36. The number of benzene rings is 3. The maximum Gasteiger partial charge on any atom is 0.264 e. The van der Waals surface area contributed by atoms with Gasteiger partial charge in [0.1, 0.15) is 0 Å². The van der Waals surface area contributed by atoms with Crippen LogP contribution in [0.2, 0.25) is 0 Å². The number of hydrogen-bond acceptors (Lipinski definition) is 7. The number of anilines is 3. The summed E-state index contributed by atoms with van der Waals surface area (Å²) in [5, 5.41) is 2.69. The summed E-state index contributed by atoms with van der Waals surface area (Å²) in [5.41, 5.74) is 1.87. The maximum absolute atomic E-state index is 13.1. The van der Waals surface area contributed by atoms with Crippen LogP contribution in [-0.2, 0) is 20.0 Å². The van der Waals surface area contributed by atoms with Gasteiger partial charge in [0.2, 0.25) is 5.95 Å². The van der Waals surface area contributed by atoms with Gasteiger partial charge in [0.15, 0.2) is 0 Å². The zero-order valence-corrected chi connectivity index (χ0v) is 22.4. The molecule has 1 aromatic heterocycles. The van der Waals surface area contributed by atoms with Gasteiger partial charge in [-0.3, -0.25) is 9.10 Å². The molecule has 1 amide bonds. The molecule has 4 rings (SSSR count). The molecule has 0 radical (unpaired) electrons. The van der Waals surface area contributed by atoms with Crippen molar-refractivity contribution >= 4 is 43.3 Å². The highest BCUT2D eigenvalue weighted by Crippen LogP contribution is 2.27. The lowest BCUT2D eigenvalue weighted by Crippen LogP contribution is -2.29. The number of rotatable bonds is 8. The lowest BCUT2D eigenvalue weighted by Gasteiger charge is -2.22. The number of carbonyl (C=O) groups excluding carboxylic acids is 1. The van der Waals surface area contributed by atoms with Gasteiger partial charge in [0.25, 0.3) is 26.0 Å². The first kappa shape index (κ1) is 26.8. The lowest BCUT2D eigenvalue weighted by molar-refractivity contribution is 0.102. The van der Waals surface area contributed by atoms with E-state index in [-0.39, 0.29) is 27.0 Å². The highest BCUT2D eigenvalue weighted by molar-refractivity contribution is 7.93. The van der Waals surface area contributed by atoms with Crippen LogP contribution in [0.15, 0.2) is 94.7 Å². The van der Waals surface area contributed by atoms with E-state index in [2.05, 4.69) is 20.0 Å². The first-order valence-electron chi connectivity index (χ1n) is 11.4. The standard InChI is InChI=1S/C26H25N5O5S2/c1-18-17-19(2)28-26(27-18)30-37(33,34)21-15-13-20(14-16-21)29-25(32)23-11-7-8-12-24(23)31(3)38(35,36)22-9-5-4-6-10-22/h4-17H,1-3H3,(H,29,32)(H,27,28,30).